The molecule has 2 saturated heterocycles. The number of nitrogens with one attached hydrogen (secondary N) is 1. The van der Waals surface area contributed by atoms with Gasteiger partial charge < -0.3 is 19.5 Å². The Balaban J connectivity index is 1.57. The molecule has 2 unspecified atom stereocenters. The van der Waals surface area contributed by atoms with E-state index in [-0.39, 0.29) is 24.1 Å². The number of epoxide rings is 1. The zero-order valence-corrected chi connectivity index (χ0v) is 18.9. The second kappa shape index (κ2) is 9.24. The molecule has 0 saturated carbocycles. The van der Waals surface area contributed by atoms with Gasteiger partial charge in [0.25, 0.3) is 0 Å². The molecule has 0 amide bonds. The highest BCUT2D eigenvalue weighted by Crippen LogP contribution is 2.40. The van der Waals surface area contributed by atoms with Gasteiger partial charge in [-0.15, -0.1) is 0 Å². The van der Waals surface area contributed by atoms with E-state index in [2.05, 4.69) is 15.2 Å². The molecule has 0 spiro atoms. The summed E-state index contributed by atoms with van der Waals surface area (Å²) >= 11 is 0. The van der Waals surface area contributed by atoms with Gasteiger partial charge in [-0.25, -0.2) is 0 Å². The van der Waals surface area contributed by atoms with Gasteiger partial charge >= 0.3 is 5.97 Å². The summed E-state index contributed by atoms with van der Waals surface area (Å²) in [5.41, 5.74) is 1.58. The average Bonchev–Trinajstić information content (AvgIpc) is 3.41. The summed E-state index contributed by atoms with van der Waals surface area (Å²) in [6.07, 6.45) is 2.01. The first-order valence-corrected chi connectivity index (χ1v) is 10.9. The molecule has 0 bridgehead atoms. The number of aromatic nitrogens is 1. The van der Waals surface area contributed by atoms with Crippen molar-refractivity contribution in [3.05, 3.63) is 17.8 Å². The first-order valence-electron chi connectivity index (χ1n) is 10.9. The summed E-state index contributed by atoms with van der Waals surface area (Å²) < 4.78 is 17.1. The lowest BCUT2D eigenvalue weighted by Crippen LogP contribution is -2.47. The number of piperidine rings is 1. The van der Waals surface area contributed by atoms with Crippen LogP contribution < -0.4 is 10.9 Å². The van der Waals surface area contributed by atoms with Gasteiger partial charge in [0.1, 0.15) is 7.85 Å². The lowest BCUT2D eigenvalue weighted by molar-refractivity contribution is -0.159. The maximum absolute atomic E-state index is 12.9. The van der Waals surface area contributed by atoms with Crippen molar-refractivity contribution in [1.82, 2.24) is 9.88 Å². The quantitative estimate of drug-likeness (QED) is 0.396. The highest BCUT2D eigenvalue weighted by molar-refractivity contribution is 6.30. The Hall–Kier alpha value is -1.64. The fraction of sp³-hybridized carbons (Fsp3) is 0.727. The highest BCUT2D eigenvalue weighted by atomic mass is 16.8. The number of nitrogens with zero attached hydrogens (tertiary/aromatic N) is 2. The Morgan fingerprint density at radius 1 is 1.37 bits per heavy atom. The van der Waals surface area contributed by atoms with E-state index in [1.54, 1.807) is 6.07 Å². The fourth-order valence-electron chi connectivity index (χ4n) is 4.04. The summed E-state index contributed by atoms with van der Waals surface area (Å²) in [7, 11) is 5.73. The van der Waals surface area contributed by atoms with Crippen molar-refractivity contribution in [2.24, 2.45) is 5.41 Å². The minimum atomic E-state index is -0.482. The van der Waals surface area contributed by atoms with Crippen molar-refractivity contribution in [3.8, 4) is 0 Å². The van der Waals surface area contributed by atoms with Crippen LogP contribution in [0.1, 0.15) is 52.7 Å². The monoisotopic (exact) mass is 415 g/mol. The number of hydrogen-bond donors (Lipinski definition) is 1. The molecule has 1 aromatic rings. The molecule has 1 aromatic heterocycles. The van der Waals surface area contributed by atoms with E-state index in [0.29, 0.717) is 25.2 Å². The van der Waals surface area contributed by atoms with Crippen LogP contribution in [-0.4, -0.2) is 68.1 Å². The molecule has 0 aromatic carbocycles. The lowest BCUT2D eigenvalue weighted by Gasteiger charge is -2.39. The molecule has 2 aliphatic heterocycles. The van der Waals surface area contributed by atoms with E-state index in [9.17, 15) is 4.79 Å². The molecule has 3 heterocycles. The van der Waals surface area contributed by atoms with Gasteiger partial charge in [0, 0.05) is 19.6 Å². The third kappa shape index (κ3) is 5.74. The summed E-state index contributed by atoms with van der Waals surface area (Å²) in [6, 6.07) is 3.71. The number of esters is 1. The van der Waals surface area contributed by atoms with Gasteiger partial charge in [0.2, 0.25) is 0 Å². The molecule has 2 atom stereocenters. The van der Waals surface area contributed by atoms with Crippen LogP contribution in [0.25, 0.3) is 0 Å². The predicted molar refractivity (Wildman–Crippen MR) is 117 cm³/mol. The Labute approximate surface area is 181 Å². The summed E-state index contributed by atoms with van der Waals surface area (Å²) in [4.78, 5) is 19.4. The van der Waals surface area contributed by atoms with E-state index in [0.717, 1.165) is 37.3 Å². The number of carbonyl (C=O) groups excluding carboxylic acids is 1. The van der Waals surface area contributed by atoms with Crippen LogP contribution in [0.3, 0.4) is 0 Å². The lowest BCUT2D eigenvalue weighted by atomic mass is 9.75. The number of pyridine rings is 1. The number of aryl methyl sites for hydroxylation is 1. The number of rotatable bonds is 8. The molecular weight excluding hydrogens is 381 g/mol. The molecule has 2 aliphatic rings. The Morgan fingerprint density at radius 2 is 2.07 bits per heavy atom. The molecule has 164 valence electrons. The number of hydrogen-bond acceptors (Lipinski definition) is 7. The van der Waals surface area contributed by atoms with E-state index in [1.807, 2.05) is 40.7 Å². The third-order valence-corrected chi connectivity index (χ3v) is 5.75. The van der Waals surface area contributed by atoms with E-state index in [4.69, 9.17) is 22.1 Å². The van der Waals surface area contributed by atoms with Gasteiger partial charge in [0.15, 0.2) is 12.5 Å². The Bertz CT molecular complexity index is 744. The standard InChI is InChI=1S/C22H34BN3O4/c1-6-28-20(27)22(9-12-24-16-7-8-17(23)25-15(16)2)10-13-26(14-11-22)18-19(29-18)30-21(3,4)5/h7-8,18-19,24H,6,9-14H2,1-5H3. The molecule has 0 aliphatic carbocycles. The molecule has 1 N–H and O–H groups in total. The van der Waals surface area contributed by atoms with Gasteiger partial charge in [0.05, 0.1) is 29.0 Å². The van der Waals surface area contributed by atoms with Crippen LogP contribution in [0, 0.1) is 12.3 Å². The van der Waals surface area contributed by atoms with Crippen molar-refractivity contribution in [2.75, 3.05) is 31.6 Å². The summed E-state index contributed by atoms with van der Waals surface area (Å²) in [5.74, 6) is -0.0993. The Morgan fingerprint density at radius 3 is 2.67 bits per heavy atom. The van der Waals surface area contributed by atoms with Crippen molar-refractivity contribution in [1.29, 1.82) is 0 Å². The minimum Gasteiger partial charge on any atom is -0.466 e. The normalized spacial score (nSPS) is 23.8. The maximum Gasteiger partial charge on any atom is 0.312 e. The van der Waals surface area contributed by atoms with Gasteiger partial charge in [-0.1, -0.05) is 0 Å². The second-order valence-electron chi connectivity index (χ2n) is 9.21. The topological polar surface area (TPSA) is 76.2 Å². The van der Waals surface area contributed by atoms with Crippen LogP contribution in [0.4, 0.5) is 5.69 Å². The number of anilines is 1. The van der Waals surface area contributed by atoms with Crippen LogP contribution >= 0.6 is 0 Å². The molecule has 30 heavy (non-hydrogen) atoms. The van der Waals surface area contributed by atoms with Gasteiger partial charge in [-0.05, 0) is 71.6 Å². The Kier molecular flexibility index (Phi) is 7.10. The number of ether oxygens (including phenoxy) is 3. The molecular formula is C22H34BN3O4. The first-order chi connectivity index (χ1) is 14.1. The van der Waals surface area contributed by atoms with Gasteiger partial charge in [-0.2, -0.15) is 0 Å². The molecule has 8 heteroatoms. The molecule has 7 nitrogen and oxygen atoms in total. The maximum atomic E-state index is 12.9. The minimum absolute atomic E-state index is 0.00829. The van der Waals surface area contributed by atoms with Crippen molar-refractivity contribution >= 4 is 25.1 Å². The van der Waals surface area contributed by atoms with Crippen molar-refractivity contribution in [3.63, 3.8) is 0 Å². The zero-order chi connectivity index (χ0) is 21.9. The van der Waals surface area contributed by atoms with Crippen LogP contribution in [0.5, 0.6) is 0 Å². The SMILES string of the molecule is [B]c1ccc(NCCC2(C(=O)OCC)CCN(C3OC3OC(C)(C)C)CC2)c(C)n1. The molecule has 2 radical (unpaired) electrons. The third-order valence-electron chi connectivity index (χ3n) is 5.75. The highest BCUT2D eigenvalue weighted by Gasteiger charge is 2.51. The summed E-state index contributed by atoms with van der Waals surface area (Å²) in [5, 5.41) is 3.40. The predicted octanol–water partition coefficient (Wildman–Crippen LogP) is 2.13. The number of carbonyl (C=O) groups is 1. The van der Waals surface area contributed by atoms with E-state index < -0.39 is 5.41 Å². The van der Waals surface area contributed by atoms with Crippen molar-refractivity contribution in [2.45, 2.75) is 72.0 Å². The molecule has 2 fully saturated rings. The van der Waals surface area contributed by atoms with Crippen molar-refractivity contribution < 1.29 is 19.0 Å². The fourth-order valence-corrected chi connectivity index (χ4v) is 4.04. The van der Waals surface area contributed by atoms with Crippen LogP contribution in [0.2, 0.25) is 0 Å². The number of likely N-dealkylation sites (tertiary alicyclic amines) is 1. The van der Waals surface area contributed by atoms with E-state index in [1.165, 1.54) is 0 Å². The average molecular weight is 415 g/mol. The van der Waals surface area contributed by atoms with Crippen LogP contribution in [0.15, 0.2) is 12.1 Å². The zero-order valence-electron chi connectivity index (χ0n) is 18.9. The summed E-state index contributed by atoms with van der Waals surface area (Å²) in [6.45, 7) is 12.5. The molecule has 3 rings (SSSR count). The van der Waals surface area contributed by atoms with E-state index >= 15 is 0 Å². The van der Waals surface area contributed by atoms with Crippen LogP contribution in [-0.2, 0) is 19.0 Å². The van der Waals surface area contributed by atoms with Gasteiger partial charge in [-0.3, -0.25) is 14.7 Å². The first kappa shape index (κ1) is 23.0. The second-order valence-corrected chi connectivity index (χ2v) is 9.21. The smallest absolute Gasteiger partial charge is 0.312 e. The largest absolute Gasteiger partial charge is 0.466 e.